The van der Waals surface area contributed by atoms with Crippen LogP contribution in [0.3, 0.4) is 0 Å². The molecule has 0 atom stereocenters. The number of nitrogens with one attached hydrogen (secondary N) is 1. The molecule has 0 saturated heterocycles. The molecular weight excluding hydrogens is 384 g/mol. The minimum atomic E-state index is -0.0794. The number of carbonyl (C=O) groups is 1. The highest BCUT2D eigenvalue weighted by Gasteiger charge is 2.15. The largest absolute Gasteiger partial charge is 0.493 e. The Labute approximate surface area is 177 Å². The van der Waals surface area contributed by atoms with Gasteiger partial charge in [-0.3, -0.25) is 9.69 Å². The van der Waals surface area contributed by atoms with Crippen LogP contribution in [0.2, 0.25) is 0 Å². The lowest BCUT2D eigenvalue weighted by atomic mass is 10.2. The van der Waals surface area contributed by atoms with Gasteiger partial charge in [0.25, 0.3) is 0 Å². The Hall–Kier alpha value is -2.93. The molecule has 1 aliphatic rings. The summed E-state index contributed by atoms with van der Waals surface area (Å²) in [4.78, 5) is 14.7. The highest BCUT2D eigenvalue weighted by atomic mass is 16.5. The first kappa shape index (κ1) is 21.8. The number of benzene rings is 2. The zero-order valence-electron chi connectivity index (χ0n) is 17.9. The summed E-state index contributed by atoms with van der Waals surface area (Å²) in [6, 6.07) is 11.3. The van der Waals surface area contributed by atoms with Crippen molar-refractivity contribution < 1.29 is 23.7 Å². The van der Waals surface area contributed by atoms with E-state index in [1.165, 1.54) is 0 Å². The molecule has 0 bridgehead atoms. The predicted octanol–water partition coefficient (Wildman–Crippen LogP) is 3.72. The van der Waals surface area contributed by atoms with Crippen LogP contribution in [0.4, 0.5) is 5.69 Å². The number of rotatable bonds is 9. The topological polar surface area (TPSA) is 69.3 Å². The summed E-state index contributed by atoms with van der Waals surface area (Å²) in [5, 5.41) is 2.95. The van der Waals surface area contributed by atoms with Crippen LogP contribution < -0.4 is 24.3 Å². The number of carbonyl (C=O) groups excluding carboxylic acids is 1. The molecule has 0 spiro atoms. The zero-order chi connectivity index (χ0) is 21.3. The van der Waals surface area contributed by atoms with E-state index in [0.29, 0.717) is 49.3 Å². The van der Waals surface area contributed by atoms with Gasteiger partial charge in [-0.1, -0.05) is 13.0 Å². The Morgan fingerprint density at radius 1 is 1.07 bits per heavy atom. The maximum absolute atomic E-state index is 12.6. The van der Waals surface area contributed by atoms with E-state index in [1.54, 1.807) is 7.11 Å². The molecule has 3 rings (SSSR count). The van der Waals surface area contributed by atoms with Crippen LogP contribution in [-0.4, -0.2) is 50.8 Å². The van der Waals surface area contributed by atoms with Gasteiger partial charge < -0.3 is 24.3 Å². The molecule has 0 fully saturated rings. The van der Waals surface area contributed by atoms with Crippen molar-refractivity contribution in [2.75, 3.05) is 45.3 Å². The van der Waals surface area contributed by atoms with E-state index in [1.807, 2.05) is 50.2 Å². The van der Waals surface area contributed by atoms with Gasteiger partial charge in [0, 0.05) is 24.7 Å². The molecule has 1 heterocycles. The second-order valence-electron chi connectivity index (χ2n) is 6.98. The van der Waals surface area contributed by atoms with Gasteiger partial charge in [-0.25, -0.2) is 0 Å². The van der Waals surface area contributed by atoms with Crippen molar-refractivity contribution in [1.29, 1.82) is 0 Å². The van der Waals surface area contributed by atoms with E-state index in [-0.39, 0.29) is 12.5 Å². The number of likely N-dealkylation sites (N-methyl/N-ethyl adjacent to an activating group) is 1. The Morgan fingerprint density at radius 2 is 1.87 bits per heavy atom. The van der Waals surface area contributed by atoms with Crippen molar-refractivity contribution in [1.82, 2.24) is 4.90 Å². The number of amides is 1. The minimum Gasteiger partial charge on any atom is -0.493 e. The Bertz CT molecular complexity index is 855. The van der Waals surface area contributed by atoms with Gasteiger partial charge in [-0.15, -0.1) is 0 Å². The zero-order valence-corrected chi connectivity index (χ0v) is 17.9. The minimum absolute atomic E-state index is 0.0794. The van der Waals surface area contributed by atoms with E-state index in [0.717, 1.165) is 24.3 Å². The number of hydrogen-bond donors (Lipinski definition) is 1. The SMILES string of the molecule is CCOc1ccc(CN(CC)CC(=O)Nc2ccc3c(c2)OCCCO3)cc1OC. The van der Waals surface area contributed by atoms with E-state index >= 15 is 0 Å². The Balaban J connectivity index is 1.60. The number of hydrogen-bond acceptors (Lipinski definition) is 6. The van der Waals surface area contributed by atoms with Crippen molar-refractivity contribution in [3.8, 4) is 23.0 Å². The molecule has 0 unspecified atom stereocenters. The van der Waals surface area contributed by atoms with Crippen molar-refractivity contribution in [2.45, 2.75) is 26.8 Å². The van der Waals surface area contributed by atoms with Gasteiger partial charge >= 0.3 is 0 Å². The lowest BCUT2D eigenvalue weighted by Crippen LogP contribution is -2.32. The third kappa shape index (κ3) is 5.79. The fourth-order valence-electron chi connectivity index (χ4n) is 3.27. The van der Waals surface area contributed by atoms with Crippen molar-refractivity contribution in [3.63, 3.8) is 0 Å². The number of anilines is 1. The van der Waals surface area contributed by atoms with Crippen LogP contribution in [-0.2, 0) is 11.3 Å². The lowest BCUT2D eigenvalue weighted by Gasteiger charge is -2.21. The third-order valence-electron chi connectivity index (χ3n) is 4.78. The summed E-state index contributed by atoms with van der Waals surface area (Å²) >= 11 is 0. The number of methoxy groups -OCH3 is 1. The summed E-state index contributed by atoms with van der Waals surface area (Å²) in [5.74, 6) is 2.72. The van der Waals surface area contributed by atoms with Gasteiger partial charge in [-0.2, -0.15) is 0 Å². The van der Waals surface area contributed by atoms with Gasteiger partial charge in [0.15, 0.2) is 23.0 Å². The predicted molar refractivity (Wildman–Crippen MR) is 116 cm³/mol. The molecule has 2 aromatic rings. The molecule has 0 radical (unpaired) electrons. The van der Waals surface area contributed by atoms with Crippen molar-refractivity contribution >= 4 is 11.6 Å². The summed E-state index contributed by atoms with van der Waals surface area (Å²) in [7, 11) is 1.63. The van der Waals surface area contributed by atoms with Crippen molar-refractivity contribution in [3.05, 3.63) is 42.0 Å². The second kappa shape index (κ2) is 10.7. The molecule has 0 saturated carbocycles. The van der Waals surface area contributed by atoms with E-state index < -0.39 is 0 Å². The van der Waals surface area contributed by atoms with Gasteiger partial charge in [-0.05, 0) is 43.3 Å². The quantitative estimate of drug-likeness (QED) is 0.675. The average molecular weight is 415 g/mol. The first-order chi connectivity index (χ1) is 14.6. The Kier molecular flexibility index (Phi) is 7.79. The number of nitrogens with zero attached hydrogens (tertiary/aromatic N) is 1. The molecule has 1 amide bonds. The second-order valence-corrected chi connectivity index (χ2v) is 6.98. The van der Waals surface area contributed by atoms with Gasteiger partial charge in [0.2, 0.25) is 5.91 Å². The highest BCUT2D eigenvalue weighted by molar-refractivity contribution is 5.92. The van der Waals surface area contributed by atoms with E-state index in [4.69, 9.17) is 18.9 Å². The molecule has 0 aliphatic carbocycles. The third-order valence-corrected chi connectivity index (χ3v) is 4.78. The van der Waals surface area contributed by atoms with Crippen LogP contribution in [0.1, 0.15) is 25.8 Å². The monoisotopic (exact) mass is 414 g/mol. The van der Waals surface area contributed by atoms with Crippen LogP contribution in [0, 0.1) is 0 Å². The molecule has 2 aromatic carbocycles. The summed E-state index contributed by atoms with van der Waals surface area (Å²) in [6.45, 7) is 7.45. The van der Waals surface area contributed by atoms with Crippen LogP contribution >= 0.6 is 0 Å². The molecule has 7 heteroatoms. The Morgan fingerprint density at radius 3 is 2.60 bits per heavy atom. The average Bonchev–Trinajstić information content (AvgIpc) is 2.99. The molecular formula is C23H30N2O5. The van der Waals surface area contributed by atoms with E-state index in [2.05, 4.69) is 10.2 Å². The summed E-state index contributed by atoms with van der Waals surface area (Å²) < 4.78 is 22.3. The number of fused-ring (bicyclic) bond motifs is 1. The van der Waals surface area contributed by atoms with Crippen LogP contribution in [0.25, 0.3) is 0 Å². The highest BCUT2D eigenvalue weighted by Crippen LogP contribution is 2.32. The fourth-order valence-corrected chi connectivity index (χ4v) is 3.27. The maximum Gasteiger partial charge on any atom is 0.238 e. The fraction of sp³-hybridized carbons (Fsp3) is 0.435. The first-order valence-corrected chi connectivity index (χ1v) is 10.3. The molecule has 7 nitrogen and oxygen atoms in total. The maximum atomic E-state index is 12.6. The van der Waals surface area contributed by atoms with E-state index in [9.17, 15) is 4.79 Å². The van der Waals surface area contributed by atoms with Gasteiger partial charge in [0.05, 0.1) is 33.5 Å². The summed E-state index contributed by atoms with van der Waals surface area (Å²) in [5.41, 5.74) is 1.75. The standard InChI is InChI=1S/C23H30N2O5/c1-4-25(15-17-7-9-19(28-5-2)21(13-17)27-3)16-23(26)24-18-8-10-20-22(14-18)30-12-6-11-29-20/h7-10,13-14H,4-6,11-12,15-16H2,1-3H3,(H,24,26). The molecule has 162 valence electrons. The van der Waals surface area contributed by atoms with Crippen molar-refractivity contribution in [2.24, 2.45) is 0 Å². The van der Waals surface area contributed by atoms with Crippen LogP contribution in [0.5, 0.6) is 23.0 Å². The summed E-state index contributed by atoms with van der Waals surface area (Å²) in [6.07, 6.45) is 0.845. The first-order valence-electron chi connectivity index (χ1n) is 10.3. The molecule has 30 heavy (non-hydrogen) atoms. The van der Waals surface area contributed by atoms with Crippen LogP contribution in [0.15, 0.2) is 36.4 Å². The molecule has 1 N–H and O–H groups in total. The normalized spacial score (nSPS) is 12.9. The molecule has 1 aliphatic heterocycles. The van der Waals surface area contributed by atoms with Gasteiger partial charge in [0.1, 0.15) is 0 Å². The number of ether oxygens (including phenoxy) is 4. The lowest BCUT2D eigenvalue weighted by molar-refractivity contribution is -0.117. The molecule has 0 aromatic heterocycles. The smallest absolute Gasteiger partial charge is 0.238 e.